The van der Waals surface area contributed by atoms with E-state index in [4.69, 9.17) is 16.3 Å². The third-order valence-corrected chi connectivity index (χ3v) is 6.19. The molecule has 0 radical (unpaired) electrons. The van der Waals surface area contributed by atoms with Gasteiger partial charge in [-0.05, 0) is 47.5 Å². The summed E-state index contributed by atoms with van der Waals surface area (Å²) in [5.74, 6) is -0.0851. The second-order valence-corrected chi connectivity index (χ2v) is 8.79. The summed E-state index contributed by atoms with van der Waals surface area (Å²) < 4.78 is 44.7. The van der Waals surface area contributed by atoms with Gasteiger partial charge in [0.2, 0.25) is 0 Å². The molecule has 1 unspecified atom stereocenters. The van der Waals surface area contributed by atoms with Crippen molar-refractivity contribution in [1.82, 2.24) is 14.8 Å². The van der Waals surface area contributed by atoms with Crippen LogP contribution in [0.5, 0.6) is 0 Å². The molecule has 0 N–H and O–H groups in total. The Kier molecular flexibility index (Phi) is 8.05. The molecule has 1 saturated heterocycles. The zero-order chi connectivity index (χ0) is 24.8. The standard InChI is InChI=1S/C26H25ClF3N3O2/c27-22-10-6-20(7-11-22)24(35-18-19-4-8-21(9-5-19)26(28,29)30)17-32-13-15-33(16-14-32)25(34)23-3-1-2-12-31-23/h1-12,24H,13-18H2. The Morgan fingerprint density at radius 2 is 1.66 bits per heavy atom. The lowest BCUT2D eigenvalue weighted by Crippen LogP contribution is -2.49. The lowest BCUT2D eigenvalue weighted by atomic mass is 10.1. The van der Waals surface area contributed by atoms with E-state index in [0.717, 1.165) is 17.7 Å². The summed E-state index contributed by atoms with van der Waals surface area (Å²) >= 11 is 6.04. The fourth-order valence-electron chi connectivity index (χ4n) is 3.94. The van der Waals surface area contributed by atoms with Crippen LogP contribution >= 0.6 is 11.6 Å². The zero-order valence-corrected chi connectivity index (χ0v) is 19.7. The molecule has 2 aromatic carbocycles. The Hall–Kier alpha value is -2.94. The molecule has 1 fully saturated rings. The molecule has 184 valence electrons. The number of carbonyl (C=O) groups excluding carboxylic acids is 1. The Morgan fingerprint density at radius 3 is 2.26 bits per heavy atom. The second kappa shape index (κ2) is 11.2. The quantitative estimate of drug-likeness (QED) is 0.429. The number of ether oxygens (including phenoxy) is 1. The summed E-state index contributed by atoms with van der Waals surface area (Å²) in [7, 11) is 0. The van der Waals surface area contributed by atoms with Gasteiger partial charge in [0.05, 0.1) is 18.3 Å². The van der Waals surface area contributed by atoms with Crippen LogP contribution in [0.3, 0.4) is 0 Å². The number of alkyl halides is 3. The Labute approximate surface area is 207 Å². The largest absolute Gasteiger partial charge is 0.416 e. The SMILES string of the molecule is O=C(c1ccccn1)N1CCN(CC(OCc2ccc(C(F)(F)F)cc2)c2ccc(Cl)cc2)CC1. The first-order valence-corrected chi connectivity index (χ1v) is 11.6. The maximum absolute atomic E-state index is 12.8. The fraction of sp³-hybridized carbons (Fsp3) is 0.308. The number of piperazine rings is 1. The van der Waals surface area contributed by atoms with E-state index >= 15 is 0 Å². The first-order valence-electron chi connectivity index (χ1n) is 11.3. The lowest BCUT2D eigenvalue weighted by Gasteiger charge is -2.36. The molecule has 4 rings (SSSR count). The number of carbonyl (C=O) groups is 1. The third-order valence-electron chi connectivity index (χ3n) is 5.94. The zero-order valence-electron chi connectivity index (χ0n) is 18.9. The number of amides is 1. The van der Waals surface area contributed by atoms with E-state index in [9.17, 15) is 18.0 Å². The van der Waals surface area contributed by atoms with Crippen LogP contribution < -0.4 is 0 Å². The van der Waals surface area contributed by atoms with Gasteiger partial charge in [-0.3, -0.25) is 14.7 Å². The van der Waals surface area contributed by atoms with Crippen LogP contribution in [0.25, 0.3) is 0 Å². The second-order valence-electron chi connectivity index (χ2n) is 8.35. The highest BCUT2D eigenvalue weighted by Gasteiger charge is 2.30. The van der Waals surface area contributed by atoms with Gasteiger partial charge in [0.25, 0.3) is 5.91 Å². The monoisotopic (exact) mass is 503 g/mol. The fourth-order valence-corrected chi connectivity index (χ4v) is 4.06. The predicted octanol–water partition coefficient (Wildman–Crippen LogP) is 5.47. The van der Waals surface area contributed by atoms with Crippen LogP contribution in [0.4, 0.5) is 13.2 Å². The minimum Gasteiger partial charge on any atom is -0.368 e. The molecule has 2 heterocycles. The van der Waals surface area contributed by atoms with Crippen molar-refractivity contribution in [2.45, 2.75) is 18.9 Å². The maximum Gasteiger partial charge on any atom is 0.416 e. The molecule has 9 heteroatoms. The van der Waals surface area contributed by atoms with Gasteiger partial charge < -0.3 is 9.64 Å². The highest BCUT2D eigenvalue weighted by Crippen LogP contribution is 2.30. The van der Waals surface area contributed by atoms with Crippen molar-refractivity contribution < 1.29 is 22.7 Å². The number of benzene rings is 2. The van der Waals surface area contributed by atoms with Crippen LogP contribution in [0.1, 0.15) is 33.3 Å². The molecule has 35 heavy (non-hydrogen) atoms. The molecule has 0 spiro atoms. The Morgan fingerprint density at radius 1 is 0.971 bits per heavy atom. The minimum absolute atomic E-state index is 0.0851. The summed E-state index contributed by atoms with van der Waals surface area (Å²) in [5.41, 5.74) is 1.32. The molecule has 5 nitrogen and oxygen atoms in total. The molecule has 1 atom stereocenters. The molecule has 1 aliphatic heterocycles. The normalized spacial score (nSPS) is 15.7. The summed E-state index contributed by atoms with van der Waals surface area (Å²) in [5, 5.41) is 0.608. The average molecular weight is 504 g/mol. The first-order chi connectivity index (χ1) is 16.8. The number of pyridine rings is 1. The number of halogens is 4. The van der Waals surface area contributed by atoms with E-state index in [1.807, 2.05) is 12.1 Å². The molecule has 1 aliphatic rings. The Bertz CT molecular complexity index is 1100. The molecular weight excluding hydrogens is 479 g/mol. The molecule has 3 aromatic rings. The number of hydrogen-bond donors (Lipinski definition) is 0. The number of aromatic nitrogens is 1. The lowest BCUT2D eigenvalue weighted by molar-refractivity contribution is -0.137. The molecule has 0 aliphatic carbocycles. The van der Waals surface area contributed by atoms with Gasteiger partial charge in [0.15, 0.2) is 0 Å². The first kappa shape index (κ1) is 25.2. The summed E-state index contributed by atoms with van der Waals surface area (Å²) in [4.78, 5) is 20.8. The third kappa shape index (κ3) is 6.81. The summed E-state index contributed by atoms with van der Waals surface area (Å²) in [6.07, 6.45) is -3.08. The molecule has 1 amide bonds. The highest BCUT2D eigenvalue weighted by atomic mass is 35.5. The van der Waals surface area contributed by atoms with E-state index in [2.05, 4.69) is 9.88 Å². The van der Waals surface area contributed by atoms with E-state index in [1.54, 1.807) is 41.4 Å². The highest BCUT2D eigenvalue weighted by molar-refractivity contribution is 6.30. The van der Waals surface area contributed by atoms with E-state index < -0.39 is 11.7 Å². The average Bonchev–Trinajstić information content (AvgIpc) is 2.87. The smallest absolute Gasteiger partial charge is 0.368 e. The van der Waals surface area contributed by atoms with Gasteiger partial charge >= 0.3 is 6.18 Å². The van der Waals surface area contributed by atoms with Crippen molar-refractivity contribution in [3.05, 3.63) is 100 Å². The topological polar surface area (TPSA) is 45.7 Å². The van der Waals surface area contributed by atoms with Gasteiger partial charge in [-0.15, -0.1) is 0 Å². The van der Waals surface area contributed by atoms with Crippen molar-refractivity contribution in [3.8, 4) is 0 Å². The van der Waals surface area contributed by atoms with Gasteiger partial charge in [-0.1, -0.05) is 41.9 Å². The molecule has 0 saturated carbocycles. The van der Waals surface area contributed by atoms with E-state index in [1.165, 1.54) is 12.1 Å². The van der Waals surface area contributed by atoms with Gasteiger partial charge in [-0.25, -0.2) is 0 Å². The number of nitrogens with zero attached hydrogens (tertiary/aromatic N) is 3. The summed E-state index contributed by atoms with van der Waals surface area (Å²) in [6.45, 7) is 3.24. The van der Waals surface area contributed by atoms with Crippen molar-refractivity contribution in [2.75, 3.05) is 32.7 Å². The Balaban J connectivity index is 1.38. The van der Waals surface area contributed by atoms with E-state index in [-0.39, 0.29) is 18.6 Å². The van der Waals surface area contributed by atoms with Crippen LogP contribution in [-0.4, -0.2) is 53.4 Å². The van der Waals surface area contributed by atoms with Gasteiger partial charge in [-0.2, -0.15) is 13.2 Å². The van der Waals surface area contributed by atoms with Crippen LogP contribution in [0, 0.1) is 0 Å². The van der Waals surface area contributed by atoms with Crippen molar-refractivity contribution in [1.29, 1.82) is 0 Å². The molecule has 1 aromatic heterocycles. The molecule has 0 bridgehead atoms. The van der Waals surface area contributed by atoms with Gasteiger partial charge in [0, 0.05) is 43.9 Å². The van der Waals surface area contributed by atoms with Crippen molar-refractivity contribution in [3.63, 3.8) is 0 Å². The summed E-state index contributed by atoms with van der Waals surface area (Å²) in [6, 6.07) is 17.6. The van der Waals surface area contributed by atoms with Crippen molar-refractivity contribution in [2.24, 2.45) is 0 Å². The van der Waals surface area contributed by atoms with Crippen LogP contribution in [-0.2, 0) is 17.5 Å². The van der Waals surface area contributed by atoms with Crippen LogP contribution in [0.15, 0.2) is 72.9 Å². The number of hydrogen-bond acceptors (Lipinski definition) is 4. The van der Waals surface area contributed by atoms with Crippen LogP contribution in [0.2, 0.25) is 5.02 Å². The van der Waals surface area contributed by atoms with Gasteiger partial charge in [0.1, 0.15) is 5.69 Å². The minimum atomic E-state index is -4.37. The van der Waals surface area contributed by atoms with Crippen molar-refractivity contribution >= 4 is 17.5 Å². The maximum atomic E-state index is 12.8. The molecular formula is C26H25ClF3N3O2. The predicted molar refractivity (Wildman–Crippen MR) is 127 cm³/mol. The number of rotatable bonds is 7. The van der Waals surface area contributed by atoms with E-state index in [0.29, 0.717) is 49.0 Å².